The molecule has 0 bridgehead atoms. The lowest BCUT2D eigenvalue weighted by Crippen LogP contribution is -2.54. The number of halogens is 2. The number of alkyl halides is 2. The molecule has 1 fully saturated rings. The van der Waals surface area contributed by atoms with E-state index in [2.05, 4.69) is 11.8 Å². The fourth-order valence-electron chi connectivity index (χ4n) is 2.22. The van der Waals surface area contributed by atoms with Gasteiger partial charge in [-0.15, -0.1) is 0 Å². The number of nitrogens with two attached hydrogens (primary N) is 1. The molecule has 1 aliphatic heterocycles. The van der Waals surface area contributed by atoms with Crippen LogP contribution >= 0.6 is 0 Å². The molecule has 0 radical (unpaired) electrons. The minimum atomic E-state index is -4.43. The van der Waals surface area contributed by atoms with Crippen LogP contribution in [0, 0.1) is 0 Å². The Balaban J connectivity index is 2.55. The van der Waals surface area contributed by atoms with Gasteiger partial charge in [-0.2, -0.15) is 13.1 Å². The van der Waals surface area contributed by atoms with E-state index in [0.717, 1.165) is 17.1 Å². The molecule has 0 aromatic heterocycles. The van der Waals surface area contributed by atoms with E-state index in [1.54, 1.807) is 0 Å². The van der Waals surface area contributed by atoms with Crippen molar-refractivity contribution in [1.82, 2.24) is 9.21 Å². The summed E-state index contributed by atoms with van der Waals surface area (Å²) in [4.78, 5) is 2.08. The Hall–Kier alpha value is -0.310. The first-order valence-electron chi connectivity index (χ1n) is 6.14. The normalized spacial score (nSPS) is 21.4. The molecule has 1 unspecified atom stereocenters. The van der Waals surface area contributed by atoms with E-state index in [4.69, 9.17) is 5.73 Å². The maximum Gasteiger partial charge on any atom is 0.350 e. The molecule has 0 saturated carbocycles. The van der Waals surface area contributed by atoms with Gasteiger partial charge in [0, 0.05) is 38.8 Å². The van der Waals surface area contributed by atoms with E-state index in [1.165, 1.54) is 0 Å². The molecule has 1 atom stereocenters. The standard InChI is InChI=1S/C10H21F2N3O2S/c1-2-3-9(8-13)14-4-6-15(7-5-14)18(16,17)10(11)12/h9-10H,2-8,13H2,1H3. The van der Waals surface area contributed by atoms with E-state index < -0.39 is 15.8 Å². The highest BCUT2D eigenvalue weighted by Crippen LogP contribution is 2.16. The monoisotopic (exact) mass is 285 g/mol. The Bertz CT molecular complexity index is 343. The van der Waals surface area contributed by atoms with Gasteiger partial charge in [-0.3, -0.25) is 4.90 Å². The average molecular weight is 285 g/mol. The molecule has 5 nitrogen and oxygen atoms in total. The van der Waals surface area contributed by atoms with Gasteiger partial charge >= 0.3 is 5.76 Å². The number of hydrogen-bond acceptors (Lipinski definition) is 4. The Morgan fingerprint density at radius 3 is 2.17 bits per heavy atom. The maximum absolute atomic E-state index is 12.4. The van der Waals surface area contributed by atoms with Gasteiger partial charge in [0.05, 0.1) is 0 Å². The second-order valence-corrected chi connectivity index (χ2v) is 6.32. The number of sulfonamides is 1. The second-order valence-electron chi connectivity index (χ2n) is 4.42. The molecule has 1 heterocycles. The van der Waals surface area contributed by atoms with Gasteiger partial charge in [0.2, 0.25) is 0 Å². The molecule has 2 N–H and O–H groups in total. The SMILES string of the molecule is CCCC(CN)N1CCN(S(=O)(=O)C(F)F)CC1. The summed E-state index contributed by atoms with van der Waals surface area (Å²) in [6.07, 6.45) is 1.94. The van der Waals surface area contributed by atoms with Crippen molar-refractivity contribution in [3.63, 3.8) is 0 Å². The third-order valence-corrected chi connectivity index (χ3v) is 4.80. The smallest absolute Gasteiger partial charge is 0.329 e. The van der Waals surface area contributed by atoms with Gasteiger partial charge in [-0.05, 0) is 6.42 Å². The molecule has 0 amide bonds. The highest BCUT2D eigenvalue weighted by atomic mass is 32.2. The number of hydrogen-bond donors (Lipinski definition) is 1. The van der Waals surface area contributed by atoms with Crippen LogP contribution in [0.1, 0.15) is 19.8 Å². The predicted molar refractivity (Wildman–Crippen MR) is 65.8 cm³/mol. The number of nitrogens with zero attached hydrogens (tertiary/aromatic N) is 2. The molecule has 8 heteroatoms. The lowest BCUT2D eigenvalue weighted by atomic mass is 10.1. The van der Waals surface area contributed by atoms with Crippen molar-refractivity contribution >= 4 is 10.0 Å². The summed E-state index contributed by atoms with van der Waals surface area (Å²) >= 11 is 0. The summed E-state index contributed by atoms with van der Waals surface area (Å²) in [5, 5.41) is 0. The zero-order valence-corrected chi connectivity index (χ0v) is 11.4. The van der Waals surface area contributed by atoms with Crippen molar-refractivity contribution < 1.29 is 17.2 Å². The molecule has 1 aliphatic rings. The maximum atomic E-state index is 12.4. The summed E-state index contributed by atoms with van der Waals surface area (Å²) in [5.74, 6) is -3.33. The molecule has 1 rings (SSSR count). The Kier molecular flexibility index (Phi) is 5.90. The van der Waals surface area contributed by atoms with Crippen LogP contribution in [-0.4, -0.2) is 62.1 Å². The van der Waals surface area contributed by atoms with E-state index in [1.807, 2.05) is 0 Å². The van der Waals surface area contributed by atoms with Crippen molar-refractivity contribution in [3.05, 3.63) is 0 Å². The fraction of sp³-hybridized carbons (Fsp3) is 1.00. The van der Waals surface area contributed by atoms with Crippen LogP contribution in [0.4, 0.5) is 8.78 Å². The lowest BCUT2D eigenvalue weighted by Gasteiger charge is -2.38. The largest absolute Gasteiger partial charge is 0.350 e. The topological polar surface area (TPSA) is 66.6 Å². The first-order valence-corrected chi connectivity index (χ1v) is 7.65. The highest BCUT2D eigenvalue weighted by Gasteiger charge is 2.35. The van der Waals surface area contributed by atoms with Crippen molar-refractivity contribution in [2.75, 3.05) is 32.7 Å². The van der Waals surface area contributed by atoms with Gasteiger partial charge in [-0.1, -0.05) is 13.3 Å². The summed E-state index contributed by atoms with van der Waals surface area (Å²) in [6.45, 7) is 3.73. The summed E-state index contributed by atoms with van der Waals surface area (Å²) in [6, 6.07) is 0.214. The molecular formula is C10H21F2N3O2S. The summed E-state index contributed by atoms with van der Waals surface area (Å²) in [5.41, 5.74) is 5.66. The number of rotatable bonds is 6. The molecule has 0 aromatic carbocycles. The minimum Gasteiger partial charge on any atom is -0.329 e. The van der Waals surface area contributed by atoms with Gasteiger partial charge in [-0.25, -0.2) is 8.42 Å². The molecular weight excluding hydrogens is 264 g/mol. The van der Waals surface area contributed by atoms with E-state index >= 15 is 0 Å². The first kappa shape index (κ1) is 15.7. The molecule has 0 aromatic rings. The average Bonchev–Trinajstić information content (AvgIpc) is 2.36. The van der Waals surface area contributed by atoms with E-state index in [0.29, 0.717) is 19.6 Å². The highest BCUT2D eigenvalue weighted by molar-refractivity contribution is 7.89. The van der Waals surface area contributed by atoms with Crippen LogP contribution in [0.25, 0.3) is 0 Å². The third kappa shape index (κ3) is 3.59. The van der Waals surface area contributed by atoms with Crippen molar-refractivity contribution in [2.24, 2.45) is 5.73 Å². The fourth-order valence-corrected chi connectivity index (χ4v) is 3.12. The van der Waals surface area contributed by atoms with Crippen LogP contribution < -0.4 is 5.73 Å². The number of piperazine rings is 1. The first-order chi connectivity index (χ1) is 8.43. The molecule has 0 aliphatic carbocycles. The van der Waals surface area contributed by atoms with Crippen LogP contribution in [0.15, 0.2) is 0 Å². The molecule has 108 valence electrons. The van der Waals surface area contributed by atoms with Crippen molar-refractivity contribution in [1.29, 1.82) is 0 Å². The van der Waals surface area contributed by atoms with Gasteiger partial charge in [0.25, 0.3) is 10.0 Å². The van der Waals surface area contributed by atoms with Crippen molar-refractivity contribution in [3.8, 4) is 0 Å². The Morgan fingerprint density at radius 2 is 1.78 bits per heavy atom. The quantitative estimate of drug-likeness (QED) is 0.761. The third-order valence-electron chi connectivity index (χ3n) is 3.27. The van der Waals surface area contributed by atoms with Gasteiger partial charge < -0.3 is 5.73 Å². The van der Waals surface area contributed by atoms with E-state index in [9.17, 15) is 17.2 Å². The zero-order chi connectivity index (χ0) is 13.8. The lowest BCUT2D eigenvalue weighted by molar-refractivity contribution is 0.127. The zero-order valence-electron chi connectivity index (χ0n) is 10.6. The predicted octanol–water partition coefficient (Wildman–Crippen LogP) is 0.284. The summed E-state index contributed by atoms with van der Waals surface area (Å²) < 4.78 is 48.2. The van der Waals surface area contributed by atoms with Crippen LogP contribution in [0.5, 0.6) is 0 Å². The van der Waals surface area contributed by atoms with Gasteiger partial charge in [0.15, 0.2) is 0 Å². The van der Waals surface area contributed by atoms with E-state index in [-0.39, 0.29) is 19.1 Å². The second kappa shape index (κ2) is 6.74. The van der Waals surface area contributed by atoms with Crippen LogP contribution in [0.2, 0.25) is 0 Å². The molecule has 1 saturated heterocycles. The van der Waals surface area contributed by atoms with Crippen molar-refractivity contribution in [2.45, 2.75) is 31.6 Å². The Morgan fingerprint density at radius 1 is 1.22 bits per heavy atom. The summed E-state index contributed by atoms with van der Waals surface area (Å²) in [7, 11) is -4.43. The molecule has 0 spiro atoms. The minimum absolute atomic E-state index is 0.118. The van der Waals surface area contributed by atoms with Crippen LogP contribution in [0.3, 0.4) is 0 Å². The Labute approximate surface area is 107 Å². The van der Waals surface area contributed by atoms with Crippen LogP contribution in [-0.2, 0) is 10.0 Å². The molecule has 18 heavy (non-hydrogen) atoms. The van der Waals surface area contributed by atoms with Gasteiger partial charge in [0.1, 0.15) is 0 Å².